The van der Waals surface area contributed by atoms with Crippen LogP contribution in [0.4, 0.5) is 5.69 Å². The van der Waals surface area contributed by atoms with Gasteiger partial charge in [0.1, 0.15) is 0 Å². The van der Waals surface area contributed by atoms with Gasteiger partial charge in [-0.15, -0.1) is 0 Å². The molecule has 0 radical (unpaired) electrons. The fourth-order valence-corrected chi connectivity index (χ4v) is 3.25. The van der Waals surface area contributed by atoms with Gasteiger partial charge in [0.15, 0.2) is 18.1 Å². The third-order valence-corrected chi connectivity index (χ3v) is 4.99. The number of amides is 2. The molecule has 0 aliphatic rings. The highest BCUT2D eigenvalue weighted by molar-refractivity contribution is 6.32. The molecule has 0 atom stereocenters. The van der Waals surface area contributed by atoms with E-state index in [9.17, 15) is 9.59 Å². The molecule has 0 aliphatic carbocycles. The van der Waals surface area contributed by atoms with Crippen LogP contribution in [-0.4, -0.2) is 31.2 Å². The Morgan fingerprint density at radius 2 is 1.62 bits per heavy atom. The van der Waals surface area contributed by atoms with E-state index in [-0.39, 0.29) is 29.2 Å². The van der Waals surface area contributed by atoms with Crippen molar-refractivity contribution in [3.05, 3.63) is 87.9 Å². The van der Waals surface area contributed by atoms with Gasteiger partial charge >= 0.3 is 0 Å². The number of anilines is 1. The Bertz CT molecular complexity index is 1180. The van der Waals surface area contributed by atoms with Crippen LogP contribution in [0.5, 0.6) is 11.5 Å². The Labute approximate surface area is 203 Å². The predicted molar refractivity (Wildman–Crippen MR) is 134 cm³/mol. The molecule has 0 aromatic heterocycles. The highest BCUT2D eigenvalue weighted by atomic mass is 35.5. The topological polar surface area (TPSA) is 89.0 Å². The predicted octanol–water partition coefficient (Wildman–Crippen LogP) is 5.14. The van der Waals surface area contributed by atoms with Crippen LogP contribution in [0.3, 0.4) is 0 Å². The van der Waals surface area contributed by atoms with E-state index in [1.54, 1.807) is 24.3 Å². The normalized spacial score (nSPS) is 10.7. The average molecular weight is 480 g/mol. The van der Waals surface area contributed by atoms with Gasteiger partial charge in [-0.25, -0.2) is 5.43 Å². The molecule has 3 aromatic rings. The Hall–Kier alpha value is -3.84. The molecule has 0 saturated heterocycles. The molecule has 0 unspecified atom stereocenters. The van der Waals surface area contributed by atoms with E-state index in [1.165, 1.54) is 6.21 Å². The fraction of sp³-hybridized carbons (Fsp3) is 0.192. The van der Waals surface area contributed by atoms with E-state index < -0.39 is 0 Å². The summed E-state index contributed by atoms with van der Waals surface area (Å²) in [6, 6.07) is 17.9. The lowest BCUT2D eigenvalue weighted by Crippen LogP contribution is -2.20. The van der Waals surface area contributed by atoms with Gasteiger partial charge in [0.25, 0.3) is 11.8 Å². The first kappa shape index (κ1) is 24.8. The van der Waals surface area contributed by atoms with Gasteiger partial charge < -0.3 is 14.8 Å². The molecule has 34 heavy (non-hydrogen) atoms. The molecular formula is C26H26ClN3O4. The largest absolute Gasteiger partial charge is 0.490 e. The van der Waals surface area contributed by atoms with Crippen molar-refractivity contribution in [3.63, 3.8) is 0 Å². The summed E-state index contributed by atoms with van der Waals surface area (Å²) in [6.07, 6.45) is 1.45. The van der Waals surface area contributed by atoms with Crippen molar-refractivity contribution in [3.8, 4) is 11.5 Å². The van der Waals surface area contributed by atoms with Gasteiger partial charge in [0.2, 0.25) is 0 Å². The summed E-state index contributed by atoms with van der Waals surface area (Å²) in [5, 5.41) is 7.01. The highest BCUT2D eigenvalue weighted by Crippen LogP contribution is 2.36. The highest BCUT2D eigenvalue weighted by Gasteiger charge is 2.14. The summed E-state index contributed by atoms with van der Waals surface area (Å²) >= 11 is 6.40. The maximum Gasteiger partial charge on any atom is 0.271 e. The zero-order chi connectivity index (χ0) is 24.5. The Balaban J connectivity index is 1.65. The van der Waals surface area contributed by atoms with Crippen molar-refractivity contribution in [2.45, 2.75) is 20.8 Å². The van der Waals surface area contributed by atoms with Gasteiger partial charge in [0, 0.05) is 11.3 Å². The molecule has 2 amide bonds. The van der Waals surface area contributed by atoms with Crippen molar-refractivity contribution in [2.24, 2.45) is 5.10 Å². The van der Waals surface area contributed by atoms with Crippen LogP contribution in [0, 0.1) is 13.8 Å². The number of rotatable bonds is 9. The summed E-state index contributed by atoms with van der Waals surface area (Å²) in [6.45, 7) is 5.87. The zero-order valence-electron chi connectivity index (χ0n) is 19.2. The number of nitrogens with one attached hydrogen (secondary N) is 2. The molecule has 3 rings (SSSR count). The number of hydrogen-bond acceptors (Lipinski definition) is 5. The Morgan fingerprint density at radius 1 is 0.971 bits per heavy atom. The molecule has 3 aromatic carbocycles. The second-order valence-corrected chi connectivity index (χ2v) is 7.94. The molecule has 7 nitrogen and oxygen atoms in total. The van der Waals surface area contributed by atoms with Crippen LogP contribution in [0.15, 0.2) is 65.8 Å². The number of halogens is 1. The molecule has 2 N–H and O–H groups in total. The van der Waals surface area contributed by atoms with Crippen molar-refractivity contribution in [1.29, 1.82) is 0 Å². The minimum absolute atomic E-state index is 0.242. The van der Waals surface area contributed by atoms with E-state index in [0.717, 1.165) is 11.1 Å². The van der Waals surface area contributed by atoms with Crippen molar-refractivity contribution in [1.82, 2.24) is 5.43 Å². The molecule has 0 fully saturated rings. The van der Waals surface area contributed by atoms with Crippen molar-refractivity contribution < 1.29 is 19.1 Å². The van der Waals surface area contributed by atoms with Crippen LogP contribution in [0.2, 0.25) is 5.02 Å². The number of aryl methyl sites for hydroxylation is 2. The Kier molecular flexibility index (Phi) is 8.65. The van der Waals surface area contributed by atoms with Crippen molar-refractivity contribution >= 4 is 35.3 Å². The minimum Gasteiger partial charge on any atom is -0.490 e. The summed E-state index contributed by atoms with van der Waals surface area (Å²) in [5.74, 6) is -0.0355. The maximum atomic E-state index is 12.3. The number of carbonyl (C=O) groups excluding carboxylic acids is 2. The van der Waals surface area contributed by atoms with Crippen LogP contribution >= 0.6 is 11.6 Å². The lowest BCUT2D eigenvalue weighted by Gasteiger charge is -2.14. The van der Waals surface area contributed by atoms with Gasteiger partial charge in [-0.2, -0.15) is 5.10 Å². The van der Waals surface area contributed by atoms with E-state index in [2.05, 4.69) is 15.8 Å². The van der Waals surface area contributed by atoms with Crippen LogP contribution in [0.25, 0.3) is 0 Å². The zero-order valence-corrected chi connectivity index (χ0v) is 20.0. The minimum atomic E-state index is -0.327. The van der Waals surface area contributed by atoms with Gasteiger partial charge in [-0.05, 0) is 62.7 Å². The lowest BCUT2D eigenvalue weighted by atomic mass is 10.1. The lowest BCUT2D eigenvalue weighted by molar-refractivity contribution is -0.118. The number of hydrogen-bond donors (Lipinski definition) is 2. The van der Waals surface area contributed by atoms with Crippen LogP contribution < -0.4 is 20.2 Å². The number of ether oxygens (including phenoxy) is 2. The number of hydrazone groups is 1. The summed E-state index contributed by atoms with van der Waals surface area (Å²) < 4.78 is 11.3. The first-order valence-corrected chi connectivity index (χ1v) is 11.1. The van der Waals surface area contributed by atoms with Gasteiger partial charge in [-0.1, -0.05) is 47.0 Å². The molecule has 176 valence electrons. The quantitative estimate of drug-likeness (QED) is 0.328. The molecular weight excluding hydrogens is 454 g/mol. The first-order valence-electron chi connectivity index (χ1n) is 10.7. The number of nitrogens with zero attached hydrogens (tertiary/aromatic N) is 1. The molecule has 8 heteroatoms. The monoisotopic (exact) mass is 479 g/mol. The average Bonchev–Trinajstić information content (AvgIpc) is 2.80. The van der Waals surface area contributed by atoms with Crippen LogP contribution in [-0.2, 0) is 4.79 Å². The summed E-state index contributed by atoms with van der Waals surface area (Å²) in [5.41, 5.74) is 6.41. The second kappa shape index (κ2) is 11.9. The van der Waals surface area contributed by atoms with E-state index in [1.807, 2.05) is 57.2 Å². The SMILES string of the molecule is CCOc1cc(/C=N/NC(=O)c2ccc(C)cc2)cc(Cl)c1OCC(=O)Nc1ccc(C)cc1. The maximum absolute atomic E-state index is 12.3. The first-order chi connectivity index (χ1) is 16.4. The van der Waals surface area contributed by atoms with Gasteiger partial charge in [0.05, 0.1) is 17.8 Å². The number of carbonyl (C=O) groups is 2. The van der Waals surface area contributed by atoms with E-state index >= 15 is 0 Å². The second-order valence-electron chi connectivity index (χ2n) is 7.53. The standard InChI is InChI=1S/C26H26ClN3O4/c1-4-33-23-14-19(15-28-30-26(32)20-9-5-17(2)6-10-20)13-22(27)25(23)34-16-24(31)29-21-11-7-18(3)8-12-21/h5-15H,4,16H2,1-3H3,(H,29,31)(H,30,32)/b28-15+. The molecule has 0 bridgehead atoms. The molecule has 0 spiro atoms. The molecule has 0 saturated carbocycles. The third-order valence-electron chi connectivity index (χ3n) is 4.71. The summed E-state index contributed by atoms with van der Waals surface area (Å²) in [7, 11) is 0. The summed E-state index contributed by atoms with van der Waals surface area (Å²) in [4.78, 5) is 24.5. The van der Waals surface area contributed by atoms with Crippen molar-refractivity contribution in [2.75, 3.05) is 18.5 Å². The molecule has 0 heterocycles. The smallest absolute Gasteiger partial charge is 0.271 e. The van der Waals surface area contributed by atoms with Gasteiger partial charge in [-0.3, -0.25) is 9.59 Å². The Morgan fingerprint density at radius 3 is 2.26 bits per heavy atom. The van der Waals surface area contributed by atoms with Crippen LogP contribution in [0.1, 0.15) is 34.0 Å². The fourth-order valence-electron chi connectivity index (χ4n) is 2.97. The van der Waals surface area contributed by atoms with E-state index in [4.69, 9.17) is 21.1 Å². The molecule has 0 aliphatic heterocycles. The third kappa shape index (κ3) is 7.08. The van der Waals surface area contributed by atoms with E-state index in [0.29, 0.717) is 29.2 Å². The number of benzene rings is 3.